The van der Waals surface area contributed by atoms with E-state index in [0.29, 0.717) is 29.6 Å². The van der Waals surface area contributed by atoms with Crippen molar-refractivity contribution in [2.75, 3.05) is 34.4 Å². The number of aromatic nitrogens is 1. The molecule has 5 nitrogen and oxygen atoms in total. The number of rotatable bonds is 7. The van der Waals surface area contributed by atoms with Crippen molar-refractivity contribution in [2.24, 2.45) is 0 Å². The zero-order valence-corrected chi connectivity index (χ0v) is 16.3. The highest BCUT2D eigenvalue weighted by Crippen LogP contribution is 2.31. The molecular weight excluding hydrogens is 345 g/mol. The Kier molecular flexibility index (Phi) is 6.63. The quantitative estimate of drug-likeness (QED) is 0.744. The summed E-state index contributed by atoms with van der Waals surface area (Å²) in [7, 11) is 5.24. The lowest BCUT2D eigenvalue weighted by Crippen LogP contribution is -2.43. The third-order valence-electron chi connectivity index (χ3n) is 5.24. The fourth-order valence-corrected chi connectivity index (χ4v) is 3.64. The second-order valence-corrected chi connectivity index (χ2v) is 7.10. The van der Waals surface area contributed by atoms with Crippen molar-refractivity contribution in [2.45, 2.75) is 32.0 Å². The van der Waals surface area contributed by atoms with Crippen LogP contribution in [0.1, 0.15) is 24.0 Å². The number of nitrogens with zero attached hydrogens (tertiary/aromatic N) is 3. The topological polar surface area (TPSA) is 37.8 Å². The molecule has 0 bridgehead atoms. The smallest absolute Gasteiger partial charge is 0.163 e. The minimum Gasteiger partial charge on any atom is -0.493 e. The zero-order chi connectivity index (χ0) is 19.2. The van der Waals surface area contributed by atoms with Crippen molar-refractivity contribution in [3.05, 3.63) is 53.6 Å². The van der Waals surface area contributed by atoms with Gasteiger partial charge >= 0.3 is 0 Å². The second-order valence-electron chi connectivity index (χ2n) is 7.10. The Morgan fingerprint density at radius 3 is 2.48 bits per heavy atom. The van der Waals surface area contributed by atoms with Crippen LogP contribution in [0.5, 0.6) is 11.5 Å². The largest absolute Gasteiger partial charge is 0.493 e. The van der Waals surface area contributed by atoms with Crippen molar-refractivity contribution in [1.29, 1.82) is 0 Å². The van der Waals surface area contributed by atoms with E-state index in [0.717, 1.165) is 38.0 Å². The van der Waals surface area contributed by atoms with E-state index in [2.05, 4.69) is 27.9 Å². The number of piperidine rings is 1. The van der Waals surface area contributed by atoms with Crippen LogP contribution in [0.4, 0.5) is 4.39 Å². The van der Waals surface area contributed by atoms with Crippen molar-refractivity contribution in [3.63, 3.8) is 0 Å². The van der Waals surface area contributed by atoms with Gasteiger partial charge in [-0.25, -0.2) is 4.39 Å². The molecule has 1 aliphatic heterocycles. The average Bonchev–Trinajstić information content (AvgIpc) is 2.70. The summed E-state index contributed by atoms with van der Waals surface area (Å²) in [4.78, 5) is 8.92. The normalized spacial score (nSPS) is 15.9. The van der Waals surface area contributed by atoms with Gasteiger partial charge in [-0.05, 0) is 50.7 Å². The van der Waals surface area contributed by atoms with E-state index in [1.807, 2.05) is 12.3 Å². The number of halogens is 1. The first-order valence-corrected chi connectivity index (χ1v) is 9.32. The molecule has 0 atom stereocenters. The van der Waals surface area contributed by atoms with E-state index in [-0.39, 0.29) is 5.82 Å². The Labute approximate surface area is 160 Å². The van der Waals surface area contributed by atoms with Gasteiger partial charge in [0.15, 0.2) is 11.5 Å². The van der Waals surface area contributed by atoms with Crippen LogP contribution in [0.3, 0.4) is 0 Å². The van der Waals surface area contributed by atoms with Gasteiger partial charge in [0.1, 0.15) is 5.82 Å². The molecule has 1 saturated heterocycles. The fraction of sp³-hybridized carbons (Fsp3) is 0.476. The van der Waals surface area contributed by atoms with Gasteiger partial charge in [0, 0.05) is 43.2 Å². The van der Waals surface area contributed by atoms with Gasteiger partial charge in [-0.3, -0.25) is 9.88 Å². The van der Waals surface area contributed by atoms with E-state index in [1.165, 1.54) is 13.2 Å². The maximum absolute atomic E-state index is 14.7. The number of hydrogen-bond acceptors (Lipinski definition) is 5. The molecule has 0 unspecified atom stereocenters. The van der Waals surface area contributed by atoms with Crippen LogP contribution >= 0.6 is 0 Å². The first kappa shape index (κ1) is 19.6. The van der Waals surface area contributed by atoms with Crippen molar-refractivity contribution in [1.82, 2.24) is 14.8 Å². The van der Waals surface area contributed by atoms with Crippen LogP contribution < -0.4 is 9.47 Å². The SMILES string of the molecule is COc1cc(F)c(CN(Cc2cccnc2)C2CCN(C)CC2)cc1OC. The van der Waals surface area contributed by atoms with E-state index in [1.54, 1.807) is 19.4 Å². The van der Waals surface area contributed by atoms with Gasteiger partial charge in [-0.2, -0.15) is 0 Å². The standard InChI is InChI=1S/C21H28FN3O2/c1-24-9-6-18(7-10-24)25(14-16-5-4-8-23-13-16)15-17-11-20(26-2)21(27-3)12-19(17)22/h4-5,8,11-13,18H,6-7,9-10,14-15H2,1-3H3. The molecule has 0 amide bonds. The summed E-state index contributed by atoms with van der Waals surface area (Å²) in [5.41, 5.74) is 1.76. The van der Waals surface area contributed by atoms with E-state index in [9.17, 15) is 4.39 Å². The molecule has 0 saturated carbocycles. The monoisotopic (exact) mass is 373 g/mol. The number of likely N-dealkylation sites (tertiary alicyclic amines) is 1. The molecule has 0 N–H and O–H groups in total. The highest BCUT2D eigenvalue weighted by Gasteiger charge is 2.25. The Balaban J connectivity index is 1.84. The van der Waals surface area contributed by atoms with E-state index >= 15 is 0 Å². The first-order chi connectivity index (χ1) is 13.1. The van der Waals surface area contributed by atoms with Crippen LogP contribution in [0.15, 0.2) is 36.7 Å². The Hall–Kier alpha value is -2.18. The second kappa shape index (κ2) is 9.15. The molecule has 6 heteroatoms. The van der Waals surface area contributed by atoms with Crippen molar-refractivity contribution in [3.8, 4) is 11.5 Å². The predicted molar refractivity (Wildman–Crippen MR) is 104 cm³/mol. The highest BCUT2D eigenvalue weighted by molar-refractivity contribution is 5.43. The lowest BCUT2D eigenvalue weighted by atomic mass is 10.0. The summed E-state index contributed by atoms with van der Waals surface area (Å²) in [6, 6.07) is 7.58. The van der Waals surface area contributed by atoms with Gasteiger partial charge in [0.25, 0.3) is 0 Å². The molecule has 0 spiro atoms. The molecule has 3 rings (SSSR count). The fourth-order valence-electron chi connectivity index (χ4n) is 3.64. The molecule has 1 aromatic carbocycles. The number of hydrogen-bond donors (Lipinski definition) is 0. The average molecular weight is 373 g/mol. The summed E-state index contributed by atoms with van der Waals surface area (Å²) in [6.07, 6.45) is 5.81. The molecule has 27 heavy (non-hydrogen) atoms. The first-order valence-electron chi connectivity index (χ1n) is 9.32. The van der Waals surface area contributed by atoms with Crippen LogP contribution in [0.2, 0.25) is 0 Å². The van der Waals surface area contributed by atoms with Crippen LogP contribution in [0.25, 0.3) is 0 Å². The van der Waals surface area contributed by atoms with Crippen LogP contribution in [0, 0.1) is 5.82 Å². The van der Waals surface area contributed by atoms with Gasteiger partial charge < -0.3 is 14.4 Å². The number of pyridine rings is 1. The molecule has 1 aromatic heterocycles. The summed E-state index contributed by atoms with van der Waals surface area (Å²) < 4.78 is 25.3. The van der Waals surface area contributed by atoms with Crippen LogP contribution in [-0.4, -0.2) is 55.2 Å². The van der Waals surface area contributed by atoms with E-state index < -0.39 is 0 Å². The summed E-state index contributed by atoms with van der Waals surface area (Å²) in [5, 5.41) is 0. The third-order valence-corrected chi connectivity index (χ3v) is 5.24. The van der Waals surface area contributed by atoms with Gasteiger partial charge in [-0.1, -0.05) is 6.07 Å². The van der Waals surface area contributed by atoms with Gasteiger partial charge in [0.2, 0.25) is 0 Å². The van der Waals surface area contributed by atoms with Gasteiger partial charge in [-0.15, -0.1) is 0 Å². The molecular formula is C21H28FN3O2. The molecule has 2 aromatic rings. The lowest BCUT2D eigenvalue weighted by molar-refractivity contribution is 0.107. The Bertz CT molecular complexity index is 734. The predicted octanol–water partition coefficient (Wildman–Crippen LogP) is 3.33. The highest BCUT2D eigenvalue weighted by atomic mass is 19.1. The summed E-state index contributed by atoms with van der Waals surface area (Å²) in [6.45, 7) is 3.39. The van der Waals surface area contributed by atoms with Crippen LogP contribution in [-0.2, 0) is 13.1 Å². The lowest BCUT2D eigenvalue weighted by Gasteiger charge is -2.37. The molecule has 0 radical (unpaired) electrons. The van der Waals surface area contributed by atoms with Gasteiger partial charge in [0.05, 0.1) is 14.2 Å². The summed E-state index contributed by atoms with van der Waals surface area (Å²) in [5.74, 6) is 0.701. The zero-order valence-electron chi connectivity index (χ0n) is 16.3. The van der Waals surface area contributed by atoms with E-state index in [4.69, 9.17) is 9.47 Å². The maximum Gasteiger partial charge on any atom is 0.163 e. The Morgan fingerprint density at radius 1 is 1.15 bits per heavy atom. The minimum atomic E-state index is -0.267. The summed E-state index contributed by atoms with van der Waals surface area (Å²) >= 11 is 0. The van der Waals surface area contributed by atoms with Crippen molar-refractivity contribution >= 4 is 0 Å². The van der Waals surface area contributed by atoms with Crippen molar-refractivity contribution < 1.29 is 13.9 Å². The molecule has 0 aliphatic carbocycles. The Morgan fingerprint density at radius 2 is 1.85 bits per heavy atom. The number of benzene rings is 1. The number of methoxy groups -OCH3 is 2. The maximum atomic E-state index is 14.7. The third kappa shape index (κ3) is 4.96. The minimum absolute atomic E-state index is 0.267. The molecule has 2 heterocycles. The molecule has 1 aliphatic rings. The number of ether oxygens (including phenoxy) is 2. The molecule has 1 fully saturated rings. The molecule has 146 valence electrons.